The molecule has 7 nitrogen and oxygen atoms in total. The molecule has 1 unspecified atom stereocenters. The largest absolute Gasteiger partial charge is 0.409 e. The van der Waals surface area contributed by atoms with Crippen molar-refractivity contribution in [3.8, 4) is 0 Å². The van der Waals surface area contributed by atoms with Crippen LogP contribution in [-0.2, 0) is 10.0 Å². The van der Waals surface area contributed by atoms with Gasteiger partial charge in [0.15, 0.2) is 0 Å². The maximum absolute atomic E-state index is 10.7. The third-order valence-corrected chi connectivity index (χ3v) is 2.58. The Bertz CT molecular complexity index is 315. The summed E-state index contributed by atoms with van der Waals surface area (Å²) in [7, 11) is -3.10. The van der Waals surface area contributed by atoms with Gasteiger partial charge in [-0.3, -0.25) is 0 Å². The zero-order valence-electron chi connectivity index (χ0n) is 9.60. The van der Waals surface area contributed by atoms with E-state index >= 15 is 0 Å². The quantitative estimate of drug-likeness (QED) is 0.146. The van der Waals surface area contributed by atoms with E-state index in [1.54, 1.807) is 0 Å². The highest BCUT2D eigenvalue weighted by Gasteiger charge is 2.04. The summed E-state index contributed by atoms with van der Waals surface area (Å²) in [5, 5.41) is 14.3. The summed E-state index contributed by atoms with van der Waals surface area (Å²) < 4.78 is 23.8. The molecule has 0 saturated heterocycles. The van der Waals surface area contributed by atoms with Gasteiger partial charge in [0, 0.05) is 19.0 Å². The van der Waals surface area contributed by atoms with Crippen LogP contribution in [0.1, 0.15) is 19.8 Å². The molecule has 1 atom stereocenters. The minimum absolute atomic E-state index is 0.0918. The molecule has 0 aliphatic heterocycles. The van der Waals surface area contributed by atoms with Crippen LogP contribution in [-0.4, -0.2) is 44.8 Å². The van der Waals surface area contributed by atoms with Gasteiger partial charge in [0.1, 0.15) is 5.84 Å². The van der Waals surface area contributed by atoms with Gasteiger partial charge in [0.2, 0.25) is 10.0 Å². The Labute approximate surface area is 96.1 Å². The molecule has 0 heterocycles. The van der Waals surface area contributed by atoms with Crippen LogP contribution in [0.15, 0.2) is 5.16 Å². The average molecular weight is 252 g/mol. The molecule has 0 radical (unpaired) electrons. The number of nitrogens with two attached hydrogens (primary N) is 1. The van der Waals surface area contributed by atoms with Crippen LogP contribution in [0, 0.1) is 0 Å². The van der Waals surface area contributed by atoms with Crippen LogP contribution in [0.2, 0.25) is 0 Å². The number of sulfonamides is 1. The highest BCUT2D eigenvalue weighted by molar-refractivity contribution is 7.88. The fraction of sp³-hybridized carbons (Fsp3) is 0.875. The lowest BCUT2D eigenvalue weighted by molar-refractivity contribution is 0.316. The summed E-state index contributed by atoms with van der Waals surface area (Å²) in [5.41, 5.74) is 5.33. The molecular formula is C8H20N4O3S. The first kappa shape index (κ1) is 15.1. The molecule has 0 saturated carbocycles. The van der Waals surface area contributed by atoms with Gasteiger partial charge >= 0.3 is 0 Å². The summed E-state index contributed by atoms with van der Waals surface area (Å²) >= 11 is 0. The van der Waals surface area contributed by atoms with Gasteiger partial charge in [-0.1, -0.05) is 5.16 Å². The Morgan fingerprint density at radius 2 is 2.12 bits per heavy atom. The van der Waals surface area contributed by atoms with Crippen molar-refractivity contribution in [3.05, 3.63) is 0 Å². The Morgan fingerprint density at radius 3 is 2.62 bits per heavy atom. The van der Waals surface area contributed by atoms with Crippen LogP contribution in [0.5, 0.6) is 0 Å². The Hall–Kier alpha value is -0.860. The van der Waals surface area contributed by atoms with Crippen molar-refractivity contribution in [2.24, 2.45) is 10.9 Å². The zero-order valence-corrected chi connectivity index (χ0v) is 10.4. The van der Waals surface area contributed by atoms with Gasteiger partial charge in [-0.15, -0.1) is 0 Å². The van der Waals surface area contributed by atoms with Gasteiger partial charge < -0.3 is 16.3 Å². The number of amidine groups is 1. The van der Waals surface area contributed by atoms with Crippen LogP contribution in [0.25, 0.3) is 0 Å². The van der Waals surface area contributed by atoms with Crippen molar-refractivity contribution in [2.45, 2.75) is 25.8 Å². The van der Waals surface area contributed by atoms with E-state index in [0.717, 1.165) is 6.26 Å². The molecule has 0 spiro atoms. The SMILES string of the molecule is CC(CC(N)=NO)NCCCNS(C)(=O)=O. The van der Waals surface area contributed by atoms with Gasteiger partial charge in [-0.25, -0.2) is 13.1 Å². The van der Waals surface area contributed by atoms with Crippen LogP contribution < -0.4 is 15.8 Å². The van der Waals surface area contributed by atoms with Crippen molar-refractivity contribution in [1.82, 2.24) is 10.0 Å². The molecule has 0 bridgehead atoms. The smallest absolute Gasteiger partial charge is 0.208 e. The number of hydrogen-bond donors (Lipinski definition) is 4. The normalized spacial score (nSPS) is 15.0. The first-order valence-corrected chi connectivity index (χ1v) is 6.88. The van der Waals surface area contributed by atoms with Gasteiger partial charge in [-0.2, -0.15) is 0 Å². The Kier molecular flexibility index (Phi) is 7.02. The zero-order chi connectivity index (χ0) is 12.6. The Balaban J connectivity index is 3.52. The van der Waals surface area contributed by atoms with Gasteiger partial charge in [0.05, 0.1) is 6.26 Å². The minimum atomic E-state index is -3.10. The maximum Gasteiger partial charge on any atom is 0.208 e. The van der Waals surface area contributed by atoms with Crippen molar-refractivity contribution in [1.29, 1.82) is 0 Å². The predicted molar refractivity (Wildman–Crippen MR) is 63.0 cm³/mol. The van der Waals surface area contributed by atoms with E-state index in [2.05, 4.69) is 15.2 Å². The third-order valence-electron chi connectivity index (χ3n) is 1.85. The fourth-order valence-corrected chi connectivity index (χ4v) is 1.64. The average Bonchev–Trinajstić information content (AvgIpc) is 2.15. The van der Waals surface area contributed by atoms with Crippen LogP contribution in [0.3, 0.4) is 0 Å². The van der Waals surface area contributed by atoms with E-state index in [9.17, 15) is 8.42 Å². The van der Waals surface area contributed by atoms with Crippen molar-refractivity contribution in [2.75, 3.05) is 19.3 Å². The molecule has 0 aromatic carbocycles. The van der Waals surface area contributed by atoms with Crippen molar-refractivity contribution < 1.29 is 13.6 Å². The minimum Gasteiger partial charge on any atom is -0.409 e. The second kappa shape index (κ2) is 7.42. The molecule has 16 heavy (non-hydrogen) atoms. The predicted octanol–water partition coefficient (Wildman–Crippen LogP) is -0.960. The number of nitrogens with zero attached hydrogens (tertiary/aromatic N) is 1. The number of hydrogen-bond acceptors (Lipinski definition) is 5. The Morgan fingerprint density at radius 1 is 1.50 bits per heavy atom. The van der Waals surface area contributed by atoms with Crippen molar-refractivity contribution in [3.63, 3.8) is 0 Å². The third kappa shape index (κ3) is 9.69. The number of nitrogens with one attached hydrogen (secondary N) is 2. The van der Waals surface area contributed by atoms with E-state index in [0.29, 0.717) is 25.9 Å². The first-order chi connectivity index (χ1) is 7.35. The number of oxime groups is 1. The van der Waals surface area contributed by atoms with Crippen LogP contribution in [0.4, 0.5) is 0 Å². The lowest BCUT2D eigenvalue weighted by atomic mass is 10.2. The lowest BCUT2D eigenvalue weighted by Crippen LogP contribution is -2.33. The summed E-state index contributed by atoms with van der Waals surface area (Å²) in [4.78, 5) is 0. The summed E-state index contributed by atoms with van der Waals surface area (Å²) in [6, 6.07) is 0.0918. The summed E-state index contributed by atoms with van der Waals surface area (Å²) in [5.74, 6) is 0.175. The molecule has 0 rings (SSSR count). The molecular weight excluding hydrogens is 232 g/mol. The molecule has 0 amide bonds. The molecule has 0 aliphatic rings. The monoisotopic (exact) mass is 252 g/mol. The van der Waals surface area contributed by atoms with Gasteiger partial charge in [-0.05, 0) is 19.9 Å². The molecule has 0 aromatic rings. The molecule has 8 heteroatoms. The highest BCUT2D eigenvalue weighted by Crippen LogP contribution is 1.90. The van der Waals surface area contributed by atoms with Gasteiger partial charge in [0.25, 0.3) is 0 Å². The molecule has 0 aromatic heterocycles. The van der Waals surface area contributed by atoms with Crippen LogP contribution >= 0.6 is 0 Å². The molecule has 0 aliphatic carbocycles. The van der Waals surface area contributed by atoms with E-state index in [-0.39, 0.29) is 11.9 Å². The topological polar surface area (TPSA) is 117 Å². The lowest BCUT2D eigenvalue weighted by Gasteiger charge is -2.12. The first-order valence-electron chi connectivity index (χ1n) is 4.99. The van der Waals surface area contributed by atoms with E-state index < -0.39 is 10.0 Å². The second-order valence-corrected chi connectivity index (χ2v) is 5.50. The maximum atomic E-state index is 10.7. The summed E-state index contributed by atoms with van der Waals surface area (Å²) in [6.45, 7) is 2.98. The highest BCUT2D eigenvalue weighted by atomic mass is 32.2. The standard InChI is InChI=1S/C8H20N4O3S/c1-7(6-8(9)12-13)10-4-3-5-11-16(2,14)15/h7,10-11,13H,3-6H2,1-2H3,(H2,9,12). The number of rotatable bonds is 8. The second-order valence-electron chi connectivity index (χ2n) is 3.67. The van der Waals surface area contributed by atoms with E-state index in [1.807, 2.05) is 6.92 Å². The van der Waals surface area contributed by atoms with Crippen molar-refractivity contribution >= 4 is 15.9 Å². The molecule has 5 N–H and O–H groups in total. The fourth-order valence-electron chi connectivity index (χ4n) is 1.12. The summed E-state index contributed by atoms with van der Waals surface area (Å²) in [6.07, 6.45) is 2.27. The molecule has 0 fully saturated rings. The molecule has 96 valence electrons. The van der Waals surface area contributed by atoms with E-state index in [4.69, 9.17) is 10.9 Å². The van der Waals surface area contributed by atoms with E-state index in [1.165, 1.54) is 0 Å².